The third kappa shape index (κ3) is 12.2. The maximum Gasteiger partial charge on any atom is 0.254 e. The number of aromatic amines is 1. The van der Waals surface area contributed by atoms with Crippen LogP contribution in [0.1, 0.15) is 107 Å². The number of nitrogens with zero attached hydrogens (tertiary/aromatic N) is 1. The molecule has 3 N–H and O–H groups in total. The minimum Gasteiger partial charge on any atom is -0.545 e. The minimum absolute atomic E-state index is 0.0440. The highest BCUT2D eigenvalue weighted by Crippen LogP contribution is 2.09. The quantitative estimate of drug-likeness (QED) is 0.232. The topological polar surface area (TPSA) is 85.8 Å². The Morgan fingerprint density at radius 1 is 0.903 bits per heavy atom. The molecular formula is C26H43N3O2. The Kier molecular flexibility index (Phi) is 15.0. The Labute approximate surface area is 189 Å². The van der Waals surface area contributed by atoms with Gasteiger partial charge in [-0.15, -0.1) is 0 Å². The van der Waals surface area contributed by atoms with E-state index in [0.29, 0.717) is 0 Å². The predicted octanol–water partition coefficient (Wildman–Crippen LogP) is 5.20. The van der Waals surface area contributed by atoms with Crippen molar-refractivity contribution in [2.45, 2.75) is 104 Å². The molecule has 0 bridgehead atoms. The fourth-order valence-corrected chi connectivity index (χ4v) is 3.64. The number of aryl methyl sites for hydroxylation is 2. The summed E-state index contributed by atoms with van der Waals surface area (Å²) in [6.45, 7) is 5.76. The van der Waals surface area contributed by atoms with Crippen molar-refractivity contribution in [3.05, 3.63) is 48.0 Å². The molecule has 0 aliphatic carbocycles. The van der Waals surface area contributed by atoms with Gasteiger partial charge in [0.05, 0.1) is 12.5 Å². The summed E-state index contributed by atoms with van der Waals surface area (Å²) in [5.41, 5.74) is 5.58. The first-order valence-corrected chi connectivity index (χ1v) is 12.2. The van der Waals surface area contributed by atoms with E-state index in [9.17, 15) is 9.90 Å². The highest BCUT2D eigenvalue weighted by Gasteiger charge is 2.09. The summed E-state index contributed by atoms with van der Waals surface area (Å²) in [6.07, 6.45) is 22.1. The van der Waals surface area contributed by atoms with Gasteiger partial charge < -0.3 is 15.6 Å². The Balaban J connectivity index is 0.000000399. The summed E-state index contributed by atoms with van der Waals surface area (Å²) in [5, 5.41) is 10.2. The molecule has 2 aromatic rings. The molecule has 174 valence electrons. The molecule has 0 radical (unpaired) electrons. The lowest BCUT2D eigenvalue weighted by atomic mass is 10.1. The second-order valence-electron chi connectivity index (χ2n) is 8.26. The number of hydrogen-bond acceptors (Lipinski definition) is 3. The minimum atomic E-state index is -1.24. The molecule has 0 amide bonds. The van der Waals surface area contributed by atoms with Crippen LogP contribution in [0.4, 0.5) is 5.69 Å². The third-order valence-corrected chi connectivity index (χ3v) is 5.55. The van der Waals surface area contributed by atoms with Gasteiger partial charge >= 0.3 is 0 Å². The number of imidazole rings is 1. The molecule has 0 unspecified atom stereocenters. The number of nitrogens with two attached hydrogens (primary N) is 1. The zero-order valence-electron chi connectivity index (χ0n) is 19.7. The smallest absolute Gasteiger partial charge is 0.254 e. The van der Waals surface area contributed by atoms with E-state index in [1.165, 1.54) is 108 Å². The lowest BCUT2D eigenvalue weighted by Gasteiger charge is -2.03. The summed E-state index contributed by atoms with van der Waals surface area (Å²) >= 11 is 0. The normalized spacial score (nSPS) is 10.5. The van der Waals surface area contributed by atoms with E-state index in [-0.39, 0.29) is 11.3 Å². The predicted molar refractivity (Wildman–Crippen MR) is 127 cm³/mol. The van der Waals surface area contributed by atoms with Crippen LogP contribution in [0.2, 0.25) is 0 Å². The van der Waals surface area contributed by atoms with Crippen LogP contribution in [0.5, 0.6) is 0 Å². The number of hydrogen-bond donors (Lipinski definition) is 2. The van der Waals surface area contributed by atoms with E-state index in [1.54, 1.807) is 12.1 Å². The molecule has 0 aliphatic rings. The van der Waals surface area contributed by atoms with Gasteiger partial charge in [-0.1, -0.05) is 89.8 Å². The molecule has 0 atom stereocenters. The number of nitrogen functional groups attached to an aromatic ring is 1. The Hall–Kier alpha value is -2.30. The number of para-hydroxylation sites is 1. The van der Waals surface area contributed by atoms with Crippen molar-refractivity contribution >= 4 is 11.7 Å². The average molecular weight is 430 g/mol. The number of unbranched alkanes of at least 4 members (excludes halogenated alkanes) is 10. The monoisotopic (exact) mass is 429 g/mol. The van der Waals surface area contributed by atoms with Gasteiger partial charge in [-0.2, -0.15) is 0 Å². The van der Waals surface area contributed by atoms with Gasteiger partial charge in [0.25, 0.3) is 5.82 Å². The first-order chi connectivity index (χ1) is 15.1. The summed E-state index contributed by atoms with van der Waals surface area (Å²) in [7, 11) is 0. The lowest BCUT2D eigenvalue weighted by Crippen LogP contribution is -2.36. The molecule has 31 heavy (non-hydrogen) atoms. The number of anilines is 1. The van der Waals surface area contributed by atoms with E-state index in [4.69, 9.17) is 5.73 Å². The maximum absolute atomic E-state index is 10.2. The average Bonchev–Trinajstić information content (AvgIpc) is 3.21. The number of carbonyl (C=O) groups excluding carboxylic acids is 1. The standard InChI is InChI=1S/C19H36N2.C7H7NO2/c1-3-5-7-9-11-13-15-19-20-16-18-21(19)17-14-12-10-8-6-4-2;8-6-4-2-1-3-5(6)7(9)10/h16,18H,3-15,17H2,1-2H3;1-4H,8H2,(H,9,10). The zero-order valence-corrected chi connectivity index (χ0v) is 19.7. The van der Waals surface area contributed by atoms with Gasteiger partial charge in [0.1, 0.15) is 12.4 Å². The molecule has 5 heteroatoms. The molecule has 1 aromatic carbocycles. The fourth-order valence-electron chi connectivity index (χ4n) is 3.64. The van der Waals surface area contributed by atoms with Gasteiger partial charge in [-0.25, -0.2) is 9.55 Å². The molecule has 0 saturated heterocycles. The number of aromatic nitrogens is 2. The van der Waals surface area contributed by atoms with Crippen molar-refractivity contribution in [1.82, 2.24) is 4.98 Å². The van der Waals surface area contributed by atoms with E-state index in [2.05, 4.69) is 35.8 Å². The molecule has 5 nitrogen and oxygen atoms in total. The zero-order chi connectivity index (χ0) is 22.7. The molecule has 0 aliphatic heterocycles. The highest BCUT2D eigenvalue weighted by atomic mass is 16.4. The van der Waals surface area contributed by atoms with E-state index in [1.807, 2.05) is 0 Å². The number of carbonyl (C=O) groups is 1. The van der Waals surface area contributed by atoms with Crippen molar-refractivity contribution in [3.8, 4) is 0 Å². The van der Waals surface area contributed by atoms with Crippen LogP contribution >= 0.6 is 0 Å². The number of aromatic carboxylic acids is 1. The van der Waals surface area contributed by atoms with Crippen molar-refractivity contribution in [2.75, 3.05) is 5.73 Å². The van der Waals surface area contributed by atoms with Crippen molar-refractivity contribution in [2.24, 2.45) is 0 Å². The number of carboxylic acid groups (broad SMARTS) is 1. The van der Waals surface area contributed by atoms with Crippen molar-refractivity contribution in [1.29, 1.82) is 0 Å². The second kappa shape index (κ2) is 17.4. The Morgan fingerprint density at radius 2 is 1.48 bits per heavy atom. The first-order valence-electron chi connectivity index (χ1n) is 12.2. The van der Waals surface area contributed by atoms with E-state index in [0.717, 1.165) is 0 Å². The number of rotatable bonds is 15. The number of carboxylic acids is 1. The van der Waals surface area contributed by atoms with Crippen LogP contribution in [0.3, 0.4) is 0 Å². The van der Waals surface area contributed by atoms with Gasteiger partial charge in [0, 0.05) is 17.7 Å². The third-order valence-electron chi connectivity index (χ3n) is 5.55. The summed E-state index contributed by atoms with van der Waals surface area (Å²) in [6, 6.07) is 6.19. The Morgan fingerprint density at radius 3 is 2.06 bits per heavy atom. The number of benzene rings is 1. The largest absolute Gasteiger partial charge is 0.545 e. The fraction of sp³-hybridized carbons (Fsp3) is 0.615. The molecule has 2 rings (SSSR count). The lowest BCUT2D eigenvalue weighted by molar-refractivity contribution is -0.703. The van der Waals surface area contributed by atoms with Gasteiger partial charge in [0.15, 0.2) is 0 Å². The summed E-state index contributed by atoms with van der Waals surface area (Å²) in [5.74, 6) is 0.192. The van der Waals surface area contributed by atoms with Crippen LogP contribution in [-0.2, 0) is 13.0 Å². The first kappa shape index (κ1) is 26.7. The molecule has 0 fully saturated rings. The van der Waals surface area contributed by atoms with Crippen LogP contribution in [-0.4, -0.2) is 11.0 Å². The van der Waals surface area contributed by atoms with Gasteiger partial charge in [0.2, 0.25) is 0 Å². The molecule has 0 spiro atoms. The number of H-pyrrole nitrogens is 1. The number of nitrogens with one attached hydrogen (secondary N) is 1. The van der Waals surface area contributed by atoms with Gasteiger partial charge in [-0.05, 0) is 25.3 Å². The maximum atomic E-state index is 10.2. The molecule has 0 saturated carbocycles. The SMILES string of the molecule is CCCCCCCCc1[nH]cc[n+]1CCCCCCCC.Nc1ccccc1C(=O)[O-]. The van der Waals surface area contributed by atoms with Crippen LogP contribution in [0.15, 0.2) is 36.7 Å². The van der Waals surface area contributed by atoms with Crippen LogP contribution < -0.4 is 15.4 Å². The van der Waals surface area contributed by atoms with E-state index >= 15 is 0 Å². The summed E-state index contributed by atoms with van der Waals surface area (Å²) < 4.78 is 2.44. The summed E-state index contributed by atoms with van der Waals surface area (Å²) in [4.78, 5) is 13.7. The van der Waals surface area contributed by atoms with Crippen LogP contribution in [0.25, 0.3) is 0 Å². The molecule has 1 heterocycles. The second-order valence-corrected chi connectivity index (χ2v) is 8.26. The van der Waals surface area contributed by atoms with E-state index < -0.39 is 5.97 Å². The van der Waals surface area contributed by atoms with Gasteiger partial charge in [-0.3, -0.25) is 0 Å². The van der Waals surface area contributed by atoms with Crippen molar-refractivity contribution < 1.29 is 14.5 Å². The molecular weight excluding hydrogens is 386 g/mol. The Bertz CT molecular complexity index is 682. The highest BCUT2D eigenvalue weighted by molar-refractivity contribution is 5.91. The molecule has 1 aromatic heterocycles. The van der Waals surface area contributed by atoms with Crippen LogP contribution in [0, 0.1) is 0 Å². The van der Waals surface area contributed by atoms with Crippen molar-refractivity contribution in [3.63, 3.8) is 0 Å².